The van der Waals surface area contributed by atoms with Crippen LogP contribution in [-0.4, -0.2) is 24.5 Å². The standard InChI is InChI=1S/C20H17ClN2O4/c1-2-10-27-17-9-8-14(21)11-13(17)12-16-18(24)22-20(26)23(19(16)25)15-6-4-3-5-7-15/h3-9,11-12H,2,10H2,1H3,(H,22,24,26)/b16-12+. The maximum atomic E-state index is 12.9. The number of hydrogen-bond acceptors (Lipinski definition) is 4. The number of benzene rings is 2. The second kappa shape index (κ2) is 8.05. The van der Waals surface area contributed by atoms with Crippen LogP contribution in [0.3, 0.4) is 0 Å². The van der Waals surface area contributed by atoms with Gasteiger partial charge >= 0.3 is 6.03 Å². The van der Waals surface area contributed by atoms with Gasteiger partial charge in [-0.15, -0.1) is 0 Å². The molecule has 1 aliphatic rings. The lowest BCUT2D eigenvalue weighted by atomic mass is 10.1. The lowest BCUT2D eigenvalue weighted by Gasteiger charge is -2.26. The third kappa shape index (κ3) is 4.01. The quantitative estimate of drug-likeness (QED) is 0.628. The number of nitrogens with one attached hydrogen (secondary N) is 1. The van der Waals surface area contributed by atoms with Crippen LogP contribution < -0.4 is 15.0 Å². The zero-order valence-electron chi connectivity index (χ0n) is 14.6. The van der Waals surface area contributed by atoms with Crippen molar-refractivity contribution in [3.05, 3.63) is 64.7 Å². The second-order valence-corrected chi connectivity index (χ2v) is 6.26. The zero-order chi connectivity index (χ0) is 19.4. The van der Waals surface area contributed by atoms with Gasteiger partial charge in [-0.3, -0.25) is 14.9 Å². The van der Waals surface area contributed by atoms with Gasteiger partial charge in [0.15, 0.2) is 0 Å². The van der Waals surface area contributed by atoms with E-state index in [1.165, 1.54) is 6.08 Å². The minimum Gasteiger partial charge on any atom is -0.493 e. The Morgan fingerprint density at radius 1 is 1.11 bits per heavy atom. The molecule has 1 aliphatic heterocycles. The number of halogens is 1. The van der Waals surface area contributed by atoms with Gasteiger partial charge in [-0.2, -0.15) is 0 Å². The van der Waals surface area contributed by atoms with E-state index in [9.17, 15) is 14.4 Å². The third-order valence-corrected chi connectivity index (χ3v) is 4.08. The number of amides is 4. The van der Waals surface area contributed by atoms with E-state index in [0.717, 1.165) is 11.3 Å². The van der Waals surface area contributed by atoms with E-state index in [1.807, 2.05) is 6.92 Å². The monoisotopic (exact) mass is 384 g/mol. The average molecular weight is 385 g/mol. The van der Waals surface area contributed by atoms with Crippen LogP contribution in [0.1, 0.15) is 18.9 Å². The minimum atomic E-state index is -0.790. The van der Waals surface area contributed by atoms with Crippen LogP contribution in [-0.2, 0) is 9.59 Å². The highest BCUT2D eigenvalue weighted by atomic mass is 35.5. The first-order chi connectivity index (χ1) is 13.0. The first-order valence-electron chi connectivity index (χ1n) is 8.40. The first kappa shape index (κ1) is 18.7. The molecule has 4 amide bonds. The highest BCUT2D eigenvalue weighted by Gasteiger charge is 2.36. The zero-order valence-corrected chi connectivity index (χ0v) is 15.3. The molecule has 7 heteroatoms. The average Bonchev–Trinajstić information content (AvgIpc) is 2.65. The van der Waals surface area contributed by atoms with Crippen molar-refractivity contribution in [3.63, 3.8) is 0 Å². The summed E-state index contributed by atoms with van der Waals surface area (Å²) in [4.78, 5) is 38.2. The molecular formula is C20H17ClN2O4. The Bertz CT molecular complexity index is 925. The molecule has 27 heavy (non-hydrogen) atoms. The normalized spacial score (nSPS) is 15.9. The fourth-order valence-electron chi connectivity index (χ4n) is 2.60. The van der Waals surface area contributed by atoms with Gasteiger partial charge in [-0.25, -0.2) is 9.69 Å². The molecule has 0 radical (unpaired) electrons. The van der Waals surface area contributed by atoms with Crippen molar-refractivity contribution in [3.8, 4) is 5.75 Å². The van der Waals surface area contributed by atoms with Gasteiger partial charge in [-0.05, 0) is 42.8 Å². The lowest BCUT2D eigenvalue weighted by Crippen LogP contribution is -2.54. The second-order valence-electron chi connectivity index (χ2n) is 5.82. The molecule has 1 heterocycles. The Morgan fingerprint density at radius 3 is 2.56 bits per heavy atom. The molecule has 0 spiro atoms. The molecule has 0 saturated carbocycles. The number of carbonyl (C=O) groups excluding carboxylic acids is 3. The molecule has 1 saturated heterocycles. The minimum absolute atomic E-state index is 0.179. The van der Waals surface area contributed by atoms with Crippen LogP contribution >= 0.6 is 11.6 Å². The van der Waals surface area contributed by atoms with Crippen molar-refractivity contribution < 1.29 is 19.1 Å². The van der Waals surface area contributed by atoms with E-state index in [4.69, 9.17) is 16.3 Å². The van der Waals surface area contributed by atoms with Gasteiger partial charge in [-0.1, -0.05) is 36.7 Å². The molecule has 138 valence electrons. The molecule has 1 N–H and O–H groups in total. The fraction of sp³-hybridized carbons (Fsp3) is 0.150. The fourth-order valence-corrected chi connectivity index (χ4v) is 2.78. The number of anilines is 1. The van der Waals surface area contributed by atoms with E-state index in [2.05, 4.69) is 5.32 Å². The molecule has 0 aromatic heterocycles. The number of hydrogen-bond donors (Lipinski definition) is 1. The number of para-hydroxylation sites is 1. The smallest absolute Gasteiger partial charge is 0.335 e. The Kier molecular flexibility index (Phi) is 5.57. The van der Waals surface area contributed by atoms with Gasteiger partial charge < -0.3 is 4.74 Å². The number of nitrogens with zero attached hydrogens (tertiary/aromatic N) is 1. The predicted octanol–water partition coefficient (Wildman–Crippen LogP) is 3.80. The summed E-state index contributed by atoms with van der Waals surface area (Å²) >= 11 is 6.05. The third-order valence-electron chi connectivity index (χ3n) is 3.85. The summed E-state index contributed by atoms with van der Waals surface area (Å²) in [6.45, 7) is 2.45. The predicted molar refractivity (Wildman–Crippen MR) is 103 cm³/mol. The SMILES string of the molecule is CCCOc1ccc(Cl)cc1/C=C1\C(=O)NC(=O)N(c2ccccc2)C1=O. The Hall–Kier alpha value is -3.12. The summed E-state index contributed by atoms with van der Waals surface area (Å²) in [5.41, 5.74) is 0.672. The number of urea groups is 1. The van der Waals surface area contributed by atoms with Crippen LogP contribution in [0, 0.1) is 0 Å². The summed E-state index contributed by atoms with van der Waals surface area (Å²) in [6.07, 6.45) is 2.19. The molecule has 2 aromatic carbocycles. The summed E-state index contributed by atoms with van der Waals surface area (Å²) in [5.74, 6) is -0.979. The van der Waals surface area contributed by atoms with Crippen LogP contribution in [0.5, 0.6) is 5.75 Å². The van der Waals surface area contributed by atoms with Crippen LogP contribution in [0.15, 0.2) is 54.1 Å². The Balaban J connectivity index is 2.02. The lowest BCUT2D eigenvalue weighted by molar-refractivity contribution is -0.122. The Morgan fingerprint density at radius 2 is 1.85 bits per heavy atom. The van der Waals surface area contributed by atoms with E-state index in [0.29, 0.717) is 28.6 Å². The van der Waals surface area contributed by atoms with Crippen molar-refractivity contribution in [2.24, 2.45) is 0 Å². The van der Waals surface area contributed by atoms with Gasteiger partial charge in [0.05, 0.1) is 12.3 Å². The number of rotatable bonds is 5. The Labute approximate surface area is 161 Å². The molecule has 0 unspecified atom stereocenters. The van der Waals surface area contributed by atoms with E-state index in [1.54, 1.807) is 48.5 Å². The molecule has 2 aromatic rings. The van der Waals surface area contributed by atoms with Crippen molar-refractivity contribution in [1.82, 2.24) is 5.32 Å². The van der Waals surface area contributed by atoms with Crippen LogP contribution in [0.2, 0.25) is 5.02 Å². The van der Waals surface area contributed by atoms with Crippen molar-refractivity contribution in [1.29, 1.82) is 0 Å². The van der Waals surface area contributed by atoms with Crippen molar-refractivity contribution in [2.45, 2.75) is 13.3 Å². The van der Waals surface area contributed by atoms with Crippen molar-refractivity contribution >= 4 is 41.2 Å². The summed E-state index contributed by atoms with van der Waals surface area (Å²) in [7, 11) is 0. The maximum absolute atomic E-state index is 12.9. The first-order valence-corrected chi connectivity index (χ1v) is 8.78. The van der Waals surface area contributed by atoms with E-state index >= 15 is 0 Å². The molecule has 1 fully saturated rings. The topological polar surface area (TPSA) is 75.7 Å². The van der Waals surface area contributed by atoms with Gasteiger partial charge in [0.2, 0.25) is 0 Å². The van der Waals surface area contributed by atoms with E-state index in [-0.39, 0.29) is 5.57 Å². The highest BCUT2D eigenvalue weighted by molar-refractivity contribution is 6.39. The van der Waals surface area contributed by atoms with Gasteiger partial charge in [0, 0.05) is 10.6 Å². The number of carbonyl (C=O) groups is 3. The summed E-state index contributed by atoms with van der Waals surface area (Å²) in [6, 6.07) is 12.5. The van der Waals surface area contributed by atoms with E-state index < -0.39 is 17.8 Å². The number of imide groups is 2. The van der Waals surface area contributed by atoms with Gasteiger partial charge in [0.1, 0.15) is 11.3 Å². The molecule has 0 bridgehead atoms. The summed E-state index contributed by atoms with van der Waals surface area (Å²) < 4.78 is 5.66. The number of ether oxygens (including phenoxy) is 1. The molecular weight excluding hydrogens is 368 g/mol. The van der Waals surface area contributed by atoms with Gasteiger partial charge in [0.25, 0.3) is 11.8 Å². The molecule has 6 nitrogen and oxygen atoms in total. The summed E-state index contributed by atoms with van der Waals surface area (Å²) in [5, 5.41) is 2.63. The van der Waals surface area contributed by atoms with Crippen molar-refractivity contribution in [2.75, 3.05) is 11.5 Å². The maximum Gasteiger partial charge on any atom is 0.335 e. The highest BCUT2D eigenvalue weighted by Crippen LogP contribution is 2.28. The molecule has 3 rings (SSSR count). The number of barbiturate groups is 1. The van der Waals surface area contributed by atoms with Crippen LogP contribution in [0.25, 0.3) is 6.08 Å². The largest absolute Gasteiger partial charge is 0.493 e. The molecule has 0 aliphatic carbocycles. The van der Waals surface area contributed by atoms with Crippen LogP contribution in [0.4, 0.5) is 10.5 Å². The molecule has 0 atom stereocenters.